The number of aryl methyl sites for hydroxylation is 1. The first-order chi connectivity index (χ1) is 37.4. The molecule has 0 unspecified atom stereocenters. The van der Waals surface area contributed by atoms with E-state index in [-0.39, 0.29) is 11.8 Å². The maximum atomic E-state index is 15.0. The Hall–Kier alpha value is -9.58. The van der Waals surface area contributed by atoms with E-state index in [0.717, 1.165) is 71.9 Å². The predicted octanol–water partition coefficient (Wildman–Crippen LogP) is 14.8. The number of nitrogens with two attached hydrogens (primary N) is 1. The zero-order valence-corrected chi connectivity index (χ0v) is 43.8. The molecule has 11 aromatic rings. The number of imide groups is 1. The summed E-state index contributed by atoms with van der Waals surface area (Å²) in [6.07, 6.45) is 19.5. The molecule has 2 N–H and O–H groups in total. The molecule has 0 atom stereocenters. The van der Waals surface area contributed by atoms with E-state index in [9.17, 15) is 9.59 Å². The Balaban J connectivity index is 0.000000293. The SMILES string of the molecule is C/C=C\C.CC.CN.Cc1cccc(-c2cncnc2)c1C.O=C1c2cccc(-n3c4cccc(-c5cncnc5)c4c4c(-c5cncnc5)cccc43)c2C(=O)N1c1ccc(-c2ccccc2)cc1-c1ccccc1. The summed E-state index contributed by atoms with van der Waals surface area (Å²) in [4.78, 5) is 56.2. The number of carbonyl (C=O) groups excluding carboxylic acids is 2. The van der Waals surface area contributed by atoms with Crippen molar-refractivity contribution in [3.8, 4) is 61.3 Å². The molecule has 0 saturated carbocycles. The molecule has 0 fully saturated rings. The van der Waals surface area contributed by atoms with Crippen LogP contribution in [0, 0.1) is 13.8 Å². The van der Waals surface area contributed by atoms with Crippen molar-refractivity contribution >= 4 is 39.3 Å². The molecule has 12 rings (SSSR count). The van der Waals surface area contributed by atoms with Crippen molar-refractivity contribution in [1.82, 2.24) is 34.5 Å². The molecule has 2 amide bonds. The Kier molecular flexibility index (Phi) is 17.3. The van der Waals surface area contributed by atoms with Gasteiger partial charge in [-0.25, -0.2) is 34.8 Å². The second kappa shape index (κ2) is 24.9. The predicted molar refractivity (Wildman–Crippen MR) is 310 cm³/mol. The number of hydrogen-bond donors (Lipinski definition) is 1. The van der Waals surface area contributed by atoms with Crippen molar-refractivity contribution in [3.63, 3.8) is 0 Å². The number of allylic oxidation sites excluding steroid dienone is 2. The highest BCUT2D eigenvalue weighted by atomic mass is 16.2. The average molecular weight is 998 g/mol. The fourth-order valence-corrected chi connectivity index (χ4v) is 9.29. The minimum Gasteiger partial charge on any atom is -0.333 e. The van der Waals surface area contributed by atoms with Gasteiger partial charge in [0.25, 0.3) is 11.8 Å². The molecule has 5 heterocycles. The molecule has 76 heavy (non-hydrogen) atoms. The largest absolute Gasteiger partial charge is 0.333 e. The molecule has 0 radical (unpaired) electrons. The van der Waals surface area contributed by atoms with Crippen LogP contribution in [0.2, 0.25) is 0 Å². The highest BCUT2D eigenvalue weighted by Crippen LogP contribution is 2.45. The smallest absolute Gasteiger partial charge is 0.268 e. The van der Waals surface area contributed by atoms with E-state index in [1.165, 1.54) is 41.3 Å². The summed E-state index contributed by atoms with van der Waals surface area (Å²) in [6.45, 7) is 12.2. The lowest BCUT2D eigenvalue weighted by Crippen LogP contribution is -2.30. The van der Waals surface area contributed by atoms with E-state index >= 15 is 0 Å². The van der Waals surface area contributed by atoms with Gasteiger partial charge in [0.05, 0.1) is 33.5 Å². The van der Waals surface area contributed by atoms with Gasteiger partial charge in [0, 0.05) is 70.2 Å². The summed E-state index contributed by atoms with van der Waals surface area (Å²) < 4.78 is 2.09. The van der Waals surface area contributed by atoms with Crippen molar-refractivity contribution in [3.05, 3.63) is 242 Å². The normalized spacial score (nSPS) is 11.4. The third-order valence-electron chi connectivity index (χ3n) is 12.9. The summed E-state index contributed by atoms with van der Waals surface area (Å²) >= 11 is 0. The lowest BCUT2D eigenvalue weighted by Gasteiger charge is -2.20. The first kappa shape index (κ1) is 52.7. The number of nitrogens with zero attached hydrogens (tertiary/aromatic N) is 8. The molecule has 1 aliphatic heterocycles. The van der Waals surface area contributed by atoms with Gasteiger partial charge in [0.15, 0.2) is 0 Å². The van der Waals surface area contributed by atoms with Crippen LogP contribution >= 0.6 is 0 Å². The monoisotopic (exact) mass is 997 g/mol. The molecule has 0 aliphatic carbocycles. The van der Waals surface area contributed by atoms with E-state index in [2.05, 4.69) is 103 Å². The van der Waals surface area contributed by atoms with Gasteiger partial charge in [-0.3, -0.25) is 9.59 Å². The van der Waals surface area contributed by atoms with E-state index in [1.54, 1.807) is 37.2 Å². The number of fused-ring (bicyclic) bond motifs is 4. The van der Waals surface area contributed by atoms with Crippen molar-refractivity contribution < 1.29 is 9.59 Å². The van der Waals surface area contributed by atoms with Gasteiger partial charge in [0.2, 0.25) is 0 Å². The molecule has 376 valence electrons. The van der Waals surface area contributed by atoms with E-state index < -0.39 is 0 Å². The fraction of sp³-hybridized carbons (Fsp3) is 0.108. The Morgan fingerprint density at radius 2 is 0.855 bits per heavy atom. The summed E-state index contributed by atoms with van der Waals surface area (Å²) in [5, 5.41) is 1.91. The van der Waals surface area contributed by atoms with Crippen LogP contribution in [0.5, 0.6) is 0 Å². The standard InChI is InChI=1S/C46H28N6O2.C12H12N2.C4H8.C2H6.CH5N/c53-45-36-16-9-19-41(44(36)46(54)52(45)38-21-20-31(29-10-3-1-4-11-29)22-37(38)30-12-5-2-6-13-30)51-39-17-7-14-34(32-23-47-27-48-24-32)42(39)43-35(15-8-18-40(43)51)33-25-49-28-50-26-33;1-9-4-3-5-12(10(9)2)11-6-13-8-14-7-11;1-3-4-2;2*1-2/h1-28H;3-8H,1-2H3;3-4H,1-2H3;1-2H3;2H2,1H3/b;;4-3-;;. The van der Waals surface area contributed by atoms with E-state index in [0.29, 0.717) is 22.5 Å². The molecule has 7 aromatic carbocycles. The van der Waals surface area contributed by atoms with Gasteiger partial charge >= 0.3 is 0 Å². The average Bonchev–Trinajstić information content (AvgIpc) is 4.02. The van der Waals surface area contributed by atoms with Gasteiger partial charge in [-0.2, -0.15) is 0 Å². The third-order valence-corrected chi connectivity index (χ3v) is 12.9. The topological polar surface area (TPSA) is 146 Å². The van der Waals surface area contributed by atoms with Gasteiger partial charge in [-0.1, -0.05) is 141 Å². The number of hydrogen-bond acceptors (Lipinski definition) is 9. The second-order valence-electron chi connectivity index (χ2n) is 17.1. The third kappa shape index (κ3) is 10.6. The maximum Gasteiger partial charge on any atom is 0.268 e. The summed E-state index contributed by atoms with van der Waals surface area (Å²) in [5.74, 6) is -0.753. The summed E-state index contributed by atoms with van der Waals surface area (Å²) in [7, 11) is 1.50. The van der Waals surface area contributed by atoms with Crippen LogP contribution < -0.4 is 10.6 Å². The summed E-state index contributed by atoms with van der Waals surface area (Å²) in [5.41, 5.74) is 20.2. The highest BCUT2D eigenvalue weighted by molar-refractivity contribution is 6.36. The van der Waals surface area contributed by atoms with Crippen molar-refractivity contribution in [2.24, 2.45) is 5.73 Å². The Morgan fingerprint density at radius 1 is 0.408 bits per heavy atom. The zero-order chi connectivity index (χ0) is 53.6. The lowest BCUT2D eigenvalue weighted by molar-refractivity contribution is 0.0926. The molecule has 0 spiro atoms. The van der Waals surface area contributed by atoms with Gasteiger partial charge in [0.1, 0.15) is 19.0 Å². The zero-order valence-electron chi connectivity index (χ0n) is 43.8. The fourth-order valence-electron chi connectivity index (χ4n) is 9.29. The molecular formula is C65H59N9O2. The number of aromatic nitrogens is 7. The molecule has 11 nitrogen and oxygen atoms in total. The van der Waals surface area contributed by atoms with Crippen LogP contribution in [0.1, 0.15) is 59.5 Å². The van der Waals surface area contributed by atoms with E-state index in [1.807, 2.05) is 149 Å². The molecule has 0 saturated heterocycles. The van der Waals surface area contributed by atoms with Gasteiger partial charge < -0.3 is 10.3 Å². The first-order valence-electron chi connectivity index (χ1n) is 25.2. The van der Waals surface area contributed by atoms with Crippen LogP contribution in [0.15, 0.2) is 220 Å². The quantitative estimate of drug-likeness (QED) is 0.122. The van der Waals surface area contributed by atoms with Gasteiger partial charge in [-0.05, 0) is 116 Å². The molecule has 4 aromatic heterocycles. The Labute approximate surface area is 444 Å². The molecule has 0 bridgehead atoms. The Morgan fingerprint density at radius 3 is 1.37 bits per heavy atom. The van der Waals surface area contributed by atoms with E-state index in [4.69, 9.17) is 0 Å². The van der Waals surface area contributed by atoms with Gasteiger partial charge in [-0.15, -0.1) is 0 Å². The van der Waals surface area contributed by atoms with Crippen molar-refractivity contribution in [2.75, 3.05) is 11.9 Å². The van der Waals surface area contributed by atoms with Crippen LogP contribution in [-0.4, -0.2) is 53.3 Å². The lowest BCUT2D eigenvalue weighted by atomic mass is 9.97. The first-order valence-corrected chi connectivity index (χ1v) is 25.2. The minimum atomic E-state index is -0.384. The molecular weight excluding hydrogens is 939 g/mol. The minimum absolute atomic E-state index is 0.342. The number of benzene rings is 7. The van der Waals surface area contributed by atoms with Crippen molar-refractivity contribution in [2.45, 2.75) is 41.5 Å². The number of anilines is 1. The van der Waals surface area contributed by atoms with Crippen LogP contribution in [-0.2, 0) is 0 Å². The van der Waals surface area contributed by atoms with Crippen LogP contribution in [0.3, 0.4) is 0 Å². The Bertz CT molecular complexity index is 3670. The number of rotatable bonds is 7. The molecule has 1 aliphatic rings. The second-order valence-corrected chi connectivity index (χ2v) is 17.1. The number of amides is 2. The highest BCUT2D eigenvalue weighted by Gasteiger charge is 2.40. The van der Waals surface area contributed by atoms with Crippen molar-refractivity contribution in [1.29, 1.82) is 0 Å². The summed E-state index contributed by atoms with van der Waals surface area (Å²) in [6, 6.07) is 49.8. The number of carbonyl (C=O) groups is 2. The molecule has 11 heteroatoms. The van der Waals surface area contributed by atoms with Crippen LogP contribution in [0.4, 0.5) is 5.69 Å². The van der Waals surface area contributed by atoms with Crippen LogP contribution in [0.25, 0.3) is 83.1 Å². The maximum absolute atomic E-state index is 15.0.